The van der Waals surface area contributed by atoms with Gasteiger partial charge in [-0.1, -0.05) is 18.2 Å². The number of halogens is 1. The lowest BCUT2D eigenvalue weighted by molar-refractivity contribution is 0.0988. The summed E-state index contributed by atoms with van der Waals surface area (Å²) in [5.74, 6) is -0.00571. The van der Waals surface area contributed by atoms with Crippen LogP contribution in [0.4, 0.5) is 0 Å². The van der Waals surface area contributed by atoms with Gasteiger partial charge in [0.2, 0.25) is 0 Å². The highest BCUT2D eigenvalue weighted by Gasteiger charge is 2.13. The van der Waals surface area contributed by atoms with Gasteiger partial charge in [0.15, 0.2) is 5.78 Å². The summed E-state index contributed by atoms with van der Waals surface area (Å²) in [6, 6.07) is 13.4. The van der Waals surface area contributed by atoms with Gasteiger partial charge in [-0.3, -0.25) is 9.78 Å². The minimum atomic E-state index is -0.00571. The molecule has 4 heteroatoms. The van der Waals surface area contributed by atoms with E-state index in [4.69, 9.17) is 0 Å². The molecule has 0 amide bonds. The van der Waals surface area contributed by atoms with Gasteiger partial charge < -0.3 is 0 Å². The number of hydrogen-bond acceptors (Lipinski definition) is 3. The molecule has 0 saturated heterocycles. The largest absolute Gasteiger partial charge is 0.292 e. The van der Waals surface area contributed by atoms with Crippen molar-refractivity contribution in [3.05, 3.63) is 70.6 Å². The van der Waals surface area contributed by atoms with Crippen LogP contribution in [0.5, 0.6) is 0 Å². The van der Waals surface area contributed by atoms with Gasteiger partial charge in [0.05, 0.1) is 5.52 Å². The summed E-state index contributed by atoms with van der Waals surface area (Å²) in [5, 5.41) is 1.01. The van der Waals surface area contributed by atoms with Crippen LogP contribution in [0, 0.1) is 0 Å². The van der Waals surface area contributed by atoms with E-state index in [9.17, 15) is 4.79 Å². The smallest absolute Gasteiger partial charge is 0.186 e. The van der Waals surface area contributed by atoms with E-state index in [0.717, 1.165) is 20.9 Å². The molecule has 0 bridgehead atoms. The number of carbonyl (C=O) groups is 1. The predicted molar refractivity (Wildman–Crippen MR) is 81.7 cm³/mol. The van der Waals surface area contributed by atoms with Gasteiger partial charge in [0, 0.05) is 28.7 Å². The van der Waals surface area contributed by atoms with Crippen LogP contribution in [0.15, 0.2) is 59.3 Å². The van der Waals surface area contributed by atoms with Crippen molar-refractivity contribution in [1.82, 2.24) is 9.97 Å². The van der Waals surface area contributed by atoms with E-state index in [1.54, 1.807) is 12.4 Å². The normalized spacial score (nSPS) is 10.7. The highest BCUT2D eigenvalue weighted by atomic mass is 79.9. The van der Waals surface area contributed by atoms with E-state index in [1.165, 1.54) is 0 Å². The zero-order valence-electron chi connectivity index (χ0n) is 10.6. The average Bonchev–Trinajstić information content (AvgIpc) is 2.47. The topological polar surface area (TPSA) is 42.9 Å². The second-order valence-electron chi connectivity index (χ2n) is 4.47. The maximum absolute atomic E-state index is 12.4. The van der Waals surface area contributed by atoms with Crippen molar-refractivity contribution in [3.63, 3.8) is 0 Å². The third kappa shape index (κ3) is 2.60. The van der Waals surface area contributed by atoms with Gasteiger partial charge in [0.25, 0.3) is 0 Å². The van der Waals surface area contributed by atoms with E-state index >= 15 is 0 Å². The Morgan fingerprint density at radius 2 is 1.85 bits per heavy atom. The molecule has 0 saturated carbocycles. The molecule has 0 aliphatic heterocycles. The number of benzene rings is 1. The zero-order chi connectivity index (χ0) is 13.9. The molecule has 3 aromatic rings. The lowest BCUT2D eigenvalue weighted by Gasteiger charge is -2.05. The third-order valence-corrected chi connectivity index (χ3v) is 3.66. The molecule has 0 radical (unpaired) electrons. The number of Topliss-reactive ketones (excluding diaryl/α,β-unsaturated/α-hetero) is 1. The Hall–Kier alpha value is -2.07. The predicted octanol–water partition coefficient (Wildman–Crippen LogP) is 3.82. The molecule has 3 nitrogen and oxygen atoms in total. The second kappa shape index (κ2) is 5.51. The van der Waals surface area contributed by atoms with Gasteiger partial charge in [0.1, 0.15) is 5.69 Å². The van der Waals surface area contributed by atoms with Gasteiger partial charge in [-0.2, -0.15) is 0 Å². The highest BCUT2D eigenvalue weighted by molar-refractivity contribution is 9.10. The Kier molecular flexibility index (Phi) is 3.56. The van der Waals surface area contributed by atoms with Gasteiger partial charge >= 0.3 is 0 Å². The standard InChI is InChI=1S/C16H11BrN2O/c17-13-10-12-3-1-2-4-14(12)19-16(13)15(20)9-11-5-7-18-8-6-11/h1-8,10H,9H2. The summed E-state index contributed by atoms with van der Waals surface area (Å²) in [6.45, 7) is 0. The first-order chi connectivity index (χ1) is 9.74. The summed E-state index contributed by atoms with van der Waals surface area (Å²) in [6.07, 6.45) is 3.70. The number of carbonyl (C=O) groups excluding carboxylic acids is 1. The van der Waals surface area contributed by atoms with Crippen molar-refractivity contribution < 1.29 is 4.79 Å². The van der Waals surface area contributed by atoms with Gasteiger partial charge in [-0.15, -0.1) is 0 Å². The molecule has 2 aromatic heterocycles. The Morgan fingerprint density at radius 3 is 2.65 bits per heavy atom. The molecular formula is C16H11BrN2O. The first-order valence-corrected chi connectivity index (χ1v) is 7.01. The number of pyridine rings is 2. The molecule has 0 unspecified atom stereocenters. The van der Waals surface area contributed by atoms with E-state index in [0.29, 0.717) is 12.1 Å². The maximum Gasteiger partial charge on any atom is 0.186 e. The Bertz CT molecular complexity index is 772. The van der Waals surface area contributed by atoms with Gasteiger partial charge in [-0.25, -0.2) is 4.98 Å². The molecule has 0 N–H and O–H groups in total. The van der Waals surface area contributed by atoms with Crippen molar-refractivity contribution in [2.45, 2.75) is 6.42 Å². The molecule has 2 heterocycles. The maximum atomic E-state index is 12.4. The van der Waals surface area contributed by atoms with Crippen molar-refractivity contribution in [2.75, 3.05) is 0 Å². The molecular weight excluding hydrogens is 316 g/mol. The summed E-state index contributed by atoms with van der Waals surface area (Å²) in [5.41, 5.74) is 2.24. The van der Waals surface area contributed by atoms with Crippen LogP contribution in [-0.4, -0.2) is 15.8 Å². The highest BCUT2D eigenvalue weighted by Crippen LogP contribution is 2.22. The molecule has 0 spiro atoms. The monoisotopic (exact) mass is 326 g/mol. The van der Waals surface area contributed by atoms with Crippen LogP contribution in [0.1, 0.15) is 16.1 Å². The fourth-order valence-electron chi connectivity index (χ4n) is 2.06. The van der Waals surface area contributed by atoms with E-state index in [-0.39, 0.29) is 5.78 Å². The number of ketones is 1. The van der Waals surface area contributed by atoms with Gasteiger partial charge in [-0.05, 0) is 45.8 Å². The molecule has 0 aliphatic carbocycles. The number of nitrogens with zero attached hydrogens (tertiary/aromatic N) is 2. The third-order valence-electron chi connectivity index (χ3n) is 3.06. The minimum absolute atomic E-state index is 0.00571. The minimum Gasteiger partial charge on any atom is -0.292 e. The first-order valence-electron chi connectivity index (χ1n) is 6.21. The van der Waals surface area contributed by atoms with E-state index in [2.05, 4.69) is 25.9 Å². The molecule has 0 aliphatic rings. The Morgan fingerprint density at radius 1 is 1.10 bits per heavy atom. The number of aromatic nitrogens is 2. The van der Waals surface area contributed by atoms with Crippen molar-refractivity contribution in [1.29, 1.82) is 0 Å². The number of rotatable bonds is 3. The first kappa shape index (κ1) is 12.9. The number of fused-ring (bicyclic) bond motifs is 1. The molecule has 1 aromatic carbocycles. The lowest BCUT2D eigenvalue weighted by atomic mass is 10.1. The summed E-state index contributed by atoms with van der Waals surface area (Å²) in [4.78, 5) is 20.8. The average molecular weight is 327 g/mol. The molecule has 98 valence electrons. The quantitative estimate of drug-likeness (QED) is 0.687. The SMILES string of the molecule is O=C(Cc1ccncc1)c1nc2ccccc2cc1Br. The molecule has 0 fully saturated rings. The zero-order valence-corrected chi connectivity index (χ0v) is 12.2. The van der Waals surface area contributed by atoms with Crippen LogP contribution in [0.25, 0.3) is 10.9 Å². The fraction of sp³-hybridized carbons (Fsp3) is 0.0625. The Labute approximate surface area is 124 Å². The van der Waals surface area contributed by atoms with Crippen LogP contribution in [-0.2, 0) is 6.42 Å². The molecule has 3 rings (SSSR count). The second-order valence-corrected chi connectivity index (χ2v) is 5.32. The van der Waals surface area contributed by atoms with Crippen LogP contribution in [0.3, 0.4) is 0 Å². The summed E-state index contributed by atoms with van der Waals surface area (Å²) < 4.78 is 0.732. The van der Waals surface area contributed by atoms with Crippen LogP contribution >= 0.6 is 15.9 Å². The van der Waals surface area contributed by atoms with Crippen molar-refractivity contribution >= 4 is 32.6 Å². The Balaban J connectivity index is 1.97. The van der Waals surface area contributed by atoms with Crippen LogP contribution < -0.4 is 0 Å². The molecule has 20 heavy (non-hydrogen) atoms. The molecule has 0 atom stereocenters. The lowest BCUT2D eigenvalue weighted by Crippen LogP contribution is -2.07. The van der Waals surface area contributed by atoms with Crippen molar-refractivity contribution in [3.8, 4) is 0 Å². The van der Waals surface area contributed by atoms with Crippen molar-refractivity contribution in [2.24, 2.45) is 0 Å². The number of para-hydroxylation sites is 1. The fourth-order valence-corrected chi connectivity index (χ4v) is 2.61. The summed E-state index contributed by atoms with van der Waals surface area (Å²) >= 11 is 3.44. The van der Waals surface area contributed by atoms with E-state index in [1.807, 2.05) is 42.5 Å². The van der Waals surface area contributed by atoms with E-state index < -0.39 is 0 Å². The number of hydrogen-bond donors (Lipinski definition) is 0. The summed E-state index contributed by atoms with van der Waals surface area (Å²) in [7, 11) is 0. The van der Waals surface area contributed by atoms with Crippen LogP contribution in [0.2, 0.25) is 0 Å².